The number of benzene rings is 1. The van der Waals surface area contributed by atoms with Crippen LogP contribution in [0.4, 0.5) is 5.69 Å². The summed E-state index contributed by atoms with van der Waals surface area (Å²) < 4.78 is 0.264. The van der Waals surface area contributed by atoms with E-state index in [4.69, 9.17) is 11.6 Å². The second kappa shape index (κ2) is 8.09. The second-order valence-corrected chi connectivity index (χ2v) is 9.03. The van der Waals surface area contributed by atoms with Crippen LogP contribution in [0, 0.1) is 0 Å². The van der Waals surface area contributed by atoms with Crippen molar-refractivity contribution in [1.82, 2.24) is 10.2 Å². The molecule has 0 atom stereocenters. The number of hydrogen-bond donors (Lipinski definition) is 2. The third-order valence-corrected chi connectivity index (χ3v) is 5.90. The Labute approximate surface area is 169 Å². The van der Waals surface area contributed by atoms with Gasteiger partial charge in [-0.15, -0.1) is 0 Å². The van der Waals surface area contributed by atoms with E-state index in [0.29, 0.717) is 12.8 Å². The number of fused-ring (bicyclic) bond motifs is 1. The number of carbonyl (C=O) groups is 2. The van der Waals surface area contributed by atoms with Crippen molar-refractivity contribution in [3.05, 3.63) is 51.8 Å². The molecule has 2 N–H and O–H groups in total. The minimum absolute atomic E-state index is 0.191. The summed E-state index contributed by atoms with van der Waals surface area (Å²) >= 11 is 6.69. The molecule has 1 fully saturated rings. The molecule has 2 aliphatic rings. The lowest BCUT2D eigenvalue weighted by molar-refractivity contribution is -0.124. The smallest absolute Gasteiger partial charge is 0.258 e. The van der Waals surface area contributed by atoms with E-state index in [1.54, 1.807) is 0 Å². The van der Waals surface area contributed by atoms with E-state index in [1.807, 2.05) is 6.07 Å². The Bertz CT molecular complexity index is 804. The molecular weight excluding hydrogens is 382 g/mol. The average Bonchev–Trinajstić information content (AvgIpc) is 3.40. The first-order valence-electron chi connectivity index (χ1n) is 8.94. The van der Waals surface area contributed by atoms with Gasteiger partial charge in [0.2, 0.25) is 5.91 Å². The monoisotopic (exact) mass is 405 g/mol. The molecule has 0 saturated heterocycles. The third-order valence-electron chi connectivity index (χ3n) is 5.01. The van der Waals surface area contributed by atoms with Crippen molar-refractivity contribution in [1.29, 1.82) is 0 Å². The molecule has 1 saturated carbocycles. The lowest BCUT2D eigenvalue weighted by Crippen LogP contribution is -2.46. The fraction of sp³-hybridized carbons (Fsp3) is 0.400. The Kier molecular flexibility index (Phi) is 5.99. The van der Waals surface area contributed by atoms with Crippen molar-refractivity contribution in [3.8, 4) is 0 Å². The van der Waals surface area contributed by atoms with Crippen LogP contribution in [0.2, 0.25) is 0 Å². The molecule has 0 aromatic heterocycles. The van der Waals surface area contributed by atoms with Crippen molar-refractivity contribution < 1.29 is 9.59 Å². The van der Waals surface area contributed by atoms with Crippen molar-refractivity contribution in [2.45, 2.75) is 31.2 Å². The largest absolute Gasteiger partial charge is 0.337 e. The number of nitrogens with one attached hydrogen (secondary N) is 2. The summed E-state index contributed by atoms with van der Waals surface area (Å²) in [5.41, 5.74) is 2.52. The maximum Gasteiger partial charge on any atom is 0.258 e. The van der Waals surface area contributed by atoms with Crippen molar-refractivity contribution in [3.63, 3.8) is 0 Å². The van der Waals surface area contributed by atoms with Crippen LogP contribution in [-0.4, -0.2) is 42.4 Å². The molecule has 0 radical (unpaired) electrons. The highest BCUT2D eigenvalue weighted by atomic mass is 35.5. The molecular formula is C20H24ClN3O2S. The van der Waals surface area contributed by atoms with Crippen LogP contribution < -0.4 is 10.6 Å². The van der Waals surface area contributed by atoms with Gasteiger partial charge < -0.3 is 15.5 Å². The highest BCUT2D eigenvalue weighted by Gasteiger charge is 2.51. The molecule has 0 spiro atoms. The predicted molar refractivity (Wildman–Crippen MR) is 112 cm³/mol. The number of anilines is 1. The number of nitrogens with zero attached hydrogens (tertiary/aromatic N) is 1. The molecule has 1 aliphatic heterocycles. The molecule has 0 bridgehead atoms. The van der Waals surface area contributed by atoms with Gasteiger partial charge in [0.05, 0.1) is 9.27 Å². The maximum atomic E-state index is 12.8. The third kappa shape index (κ3) is 4.94. The summed E-state index contributed by atoms with van der Waals surface area (Å²) in [6, 6.07) is 6.08. The van der Waals surface area contributed by atoms with Gasteiger partial charge >= 0.3 is 0 Å². The fourth-order valence-corrected chi connectivity index (χ4v) is 3.86. The van der Waals surface area contributed by atoms with E-state index in [9.17, 15) is 9.59 Å². The first-order valence-corrected chi connectivity index (χ1v) is 10.1. The summed E-state index contributed by atoms with van der Waals surface area (Å²) in [7, 11) is 2.12. The molecule has 5 nitrogen and oxygen atoms in total. The summed E-state index contributed by atoms with van der Waals surface area (Å²) in [4.78, 5) is 27.5. The molecule has 3 rings (SSSR count). The number of rotatable bonds is 6. The van der Waals surface area contributed by atoms with Crippen molar-refractivity contribution >= 4 is 40.9 Å². The summed E-state index contributed by atoms with van der Waals surface area (Å²) in [6.07, 6.45) is 3.21. The van der Waals surface area contributed by atoms with Crippen LogP contribution in [0.3, 0.4) is 0 Å². The number of hydrogen-bond acceptors (Lipinski definition) is 4. The van der Waals surface area contributed by atoms with Gasteiger partial charge in [0, 0.05) is 18.8 Å². The second-order valence-electron chi connectivity index (χ2n) is 7.16. The quantitative estimate of drug-likeness (QED) is 0.713. The first kappa shape index (κ1) is 20.0. The minimum atomic E-state index is -0.860. The van der Waals surface area contributed by atoms with E-state index in [-0.39, 0.29) is 21.1 Å². The molecule has 0 unspecified atom stereocenters. The van der Waals surface area contributed by atoms with E-state index >= 15 is 0 Å². The molecule has 1 aliphatic carbocycles. The highest BCUT2D eigenvalue weighted by Crippen LogP contribution is 2.38. The Morgan fingerprint density at radius 3 is 2.48 bits per heavy atom. The maximum absolute atomic E-state index is 12.8. The fourth-order valence-electron chi connectivity index (χ4n) is 3.17. The topological polar surface area (TPSA) is 61.4 Å². The number of likely N-dealkylation sites (N-methyl/N-ethyl adjacent to an activating group) is 1. The normalized spacial score (nSPS) is 18.0. The number of halogens is 1. The van der Waals surface area contributed by atoms with Gasteiger partial charge in [-0.05, 0) is 56.0 Å². The lowest BCUT2D eigenvalue weighted by atomic mass is 10.0. The Balaban J connectivity index is 1.64. The summed E-state index contributed by atoms with van der Waals surface area (Å²) in [5.74, 6) is -0.580. The number of thioether (sulfide) groups is 1. The Morgan fingerprint density at radius 1 is 1.19 bits per heavy atom. The molecule has 1 aromatic carbocycles. The SMILES string of the molecule is C=C(Cl)SC(=C)C(=O)NC1(C(=O)Nc2ccc3c(c2)CCN(C)CC3)CC1. The Morgan fingerprint density at radius 2 is 1.85 bits per heavy atom. The van der Waals surface area contributed by atoms with Gasteiger partial charge in [-0.25, -0.2) is 0 Å². The van der Waals surface area contributed by atoms with Crippen LogP contribution >= 0.6 is 23.4 Å². The zero-order chi connectivity index (χ0) is 19.6. The van der Waals surface area contributed by atoms with Gasteiger partial charge in [-0.2, -0.15) is 0 Å². The molecule has 144 valence electrons. The van der Waals surface area contributed by atoms with Crippen LogP contribution in [0.1, 0.15) is 24.0 Å². The predicted octanol–water partition coefficient (Wildman–Crippen LogP) is 3.26. The van der Waals surface area contributed by atoms with Crippen molar-refractivity contribution in [2.24, 2.45) is 0 Å². The number of amides is 2. The summed E-state index contributed by atoms with van der Waals surface area (Å²) in [5, 5.41) is 5.76. The highest BCUT2D eigenvalue weighted by molar-refractivity contribution is 8.08. The van der Waals surface area contributed by atoms with Gasteiger partial charge in [0.15, 0.2) is 0 Å². The van der Waals surface area contributed by atoms with Gasteiger partial charge in [-0.1, -0.05) is 42.6 Å². The van der Waals surface area contributed by atoms with E-state index < -0.39 is 5.54 Å². The van der Waals surface area contributed by atoms with Crippen LogP contribution in [0.15, 0.2) is 40.6 Å². The van der Waals surface area contributed by atoms with E-state index in [2.05, 4.69) is 47.9 Å². The van der Waals surface area contributed by atoms with Crippen LogP contribution in [0.25, 0.3) is 0 Å². The first-order chi connectivity index (χ1) is 12.8. The van der Waals surface area contributed by atoms with Crippen molar-refractivity contribution in [2.75, 3.05) is 25.5 Å². The van der Waals surface area contributed by atoms with Crippen LogP contribution in [-0.2, 0) is 22.4 Å². The van der Waals surface area contributed by atoms with Gasteiger partial charge in [-0.3, -0.25) is 9.59 Å². The standard InChI is InChI=1S/C20H24ClN3O2S/c1-13(27-14(2)21)18(25)23-20(8-9-20)19(26)22-17-5-4-15-6-10-24(3)11-7-16(15)12-17/h4-5,12H,1-2,6-11H2,3H3,(H,22,26)(H,23,25). The summed E-state index contributed by atoms with van der Waals surface area (Å²) in [6.45, 7) is 9.27. The van der Waals surface area contributed by atoms with Gasteiger partial charge in [0.25, 0.3) is 5.91 Å². The van der Waals surface area contributed by atoms with Crippen LogP contribution in [0.5, 0.6) is 0 Å². The van der Waals surface area contributed by atoms with E-state index in [1.165, 1.54) is 11.1 Å². The molecule has 7 heteroatoms. The molecule has 2 amide bonds. The molecule has 1 heterocycles. The average molecular weight is 406 g/mol. The Hall–Kier alpha value is -1.76. The lowest BCUT2D eigenvalue weighted by Gasteiger charge is -2.18. The molecule has 27 heavy (non-hydrogen) atoms. The zero-order valence-electron chi connectivity index (χ0n) is 15.4. The van der Waals surface area contributed by atoms with Gasteiger partial charge in [0.1, 0.15) is 5.54 Å². The molecule has 1 aromatic rings. The van der Waals surface area contributed by atoms with E-state index in [0.717, 1.165) is 43.4 Å². The number of carbonyl (C=O) groups excluding carboxylic acids is 2. The minimum Gasteiger partial charge on any atom is -0.337 e. The zero-order valence-corrected chi connectivity index (χ0v) is 17.0.